The predicted molar refractivity (Wildman–Crippen MR) is 131 cm³/mol. The minimum Gasteiger partial charge on any atom is -0.478 e. The highest BCUT2D eigenvalue weighted by Crippen LogP contribution is 2.40. The number of anilines is 1. The van der Waals surface area contributed by atoms with Gasteiger partial charge >= 0.3 is 16.3 Å². The zero-order valence-corrected chi connectivity index (χ0v) is 21.8. The van der Waals surface area contributed by atoms with E-state index in [-0.39, 0.29) is 34.6 Å². The molecule has 0 bridgehead atoms. The third-order valence-electron chi connectivity index (χ3n) is 5.78. The highest BCUT2D eigenvalue weighted by atomic mass is 32.2. The molecule has 2 aromatic heterocycles. The van der Waals surface area contributed by atoms with Crippen molar-refractivity contribution >= 4 is 50.5 Å². The fourth-order valence-electron chi connectivity index (χ4n) is 3.57. The van der Waals surface area contributed by atoms with E-state index in [1.165, 1.54) is 6.20 Å². The van der Waals surface area contributed by atoms with E-state index in [0.717, 1.165) is 22.7 Å². The first kappa shape index (κ1) is 28.2. The fourth-order valence-corrected chi connectivity index (χ4v) is 4.88. The number of nitrogen functional groups attached to an aromatic ring is 1. The number of rotatable bonds is 14. The quantitative estimate of drug-likeness (QED) is 0.0414. The summed E-state index contributed by atoms with van der Waals surface area (Å²) in [7, 11) is -4.99. The molecule has 0 radical (unpaired) electrons. The summed E-state index contributed by atoms with van der Waals surface area (Å²) in [5, 5.41) is 26.6. The number of aliphatic carboxylic acids is 1. The van der Waals surface area contributed by atoms with E-state index in [4.69, 9.17) is 16.3 Å². The van der Waals surface area contributed by atoms with Crippen LogP contribution in [0, 0.1) is 0 Å². The summed E-state index contributed by atoms with van der Waals surface area (Å²) in [6, 6.07) is -2.78. The molecule has 0 unspecified atom stereocenters. The molecule has 2 atom stereocenters. The normalized spacial score (nSPS) is 20.4. The van der Waals surface area contributed by atoms with Crippen molar-refractivity contribution in [1.82, 2.24) is 39.3 Å². The highest BCUT2D eigenvalue weighted by Gasteiger charge is 2.56. The summed E-state index contributed by atoms with van der Waals surface area (Å²) in [6.07, 6.45) is 2.49. The monoisotopic (exact) mass is 587 g/mol. The van der Waals surface area contributed by atoms with Gasteiger partial charge in [0.25, 0.3) is 11.8 Å². The zero-order valence-electron chi connectivity index (χ0n) is 20.1. The highest BCUT2D eigenvalue weighted by molar-refractivity contribution is 7.84. The van der Waals surface area contributed by atoms with Gasteiger partial charge < -0.3 is 32.0 Å². The van der Waals surface area contributed by atoms with Crippen LogP contribution in [0.5, 0.6) is 0 Å². The lowest BCUT2D eigenvalue weighted by Gasteiger charge is -2.43. The van der Waals surface area contributed by atoms with Gasteiger partial charge in [-0.2, -0.15) is 32.8 Å². The van der Waals surface area contributed by atoms with E-state index < -0.39 is 51.5 Å². The Bertz CT molecular complexity index is 1390. The first-order chi connectivity index (χ1) is 18.4. The third kappa shape index (κ3) is 6.27. The van der Waals surface area contributed by atoms with Crippen LogP contribution in [0.2, 0.25) is 0 Å². The molecule has 212 valence electrons. The Morgan fingerprint density at radius 2 is 2.10 bits per heavy atom. The topological polar surface area (TPSA) is 283 Å². The van der Waals surface area contributed by atoms with Gasteiger partial charge in [0.15, 0.2) is 5.13 Å². The van der Waals surface area contributed by atoms with Crippen molar-refractivity contribution in [2.24, 2.45) is 10.9 Å². The largest absolute Gasteiger partial charge is 0.478 e. The van der Waals surface area contributed by atoms with Crippen molar-refractivity contribution in [2.75, 3.05) is 18.8 Å². The smallest absolute Gasteiger partial charge is 0.362 e. The molecule has 1 saturated heterocycles. The average molecular weight is 588 g/mol. The van der Waals surface area contributed by atoms with Gasteiger partial charge in [0.1, 0.15) is 12.1 Å². The summed E-state index contributed by atoms with van der Waals surface area (Å²) in [6.45, 7) is 1.20. The number of oxime groups is 1. The number of hydrogen-bond acceptors (Lipinski definition) is 15. The first-order valence-corrected chi connectivity index (χ1v) is 13.6. The van der Waals surface area contributed by atoms with Crippen LogP contribution in [0.15, 0.2) is 11.4 Å². The van der Waals surface area contributed by atoms with E-state index >= 15 is 0 Å². The van der Waals surface area contributed by atoms with Crippen molar-refractivity contribution in [1.29, 1.82) is 0 Å². The van der Waals surface area contributed by atoms with Crippen molar-refractivity contribution < 1.29 is 37.3 Å². The van der Waals surface area contributed by atoms with Crippen LogP contribution in [0.25, 0.3) is 0 Å². The second kappa shape index (κ2) is 11.1. The standard InChI is InChI=1S/C18H25N11O8S2/c19-4-1-5-21-6-9-7-22-28(25-9)8-10-11(15(31)29(10)39(34,35)36)23-14(30)12(13-24-17(20)38-27-13)26-37-18(2-3-18)16(32)33/h7,10-11,21H,1-6,8,19H2,(H,23,30)(H,32,33)(H2,20,24,27)(H,34,35,36)/t10-,11-/m0/s1. The van der Waals surface area contributed by atoms with E-state index in [2.05, 4.69) is 35.3 Å². The van der Waals surface area contributed by atoms with Gasteiger partial charge in [-0.05, 0) is 19.5 Å². The summed E-state index contributed by atoms with van der Waals surface area (Å²) >= 11 is 0.726. The Balaban J connectivity index is 1.51. The van der Waals surface area contributed by atoms with Crippen LogP contribution in [0.4, 0.5) is 5.13 Å². The predicted octanol–water partition coefficient (Wildman–Crippen LogP) is -3.31. The molecule has 4 rings (SSSR count). The molecule has 2 fully saturated rings. The van der Waals surface area contributed by atoms with Gasteiger partial charge in [0.05, 0.1) is 18.4 Å². The van der Waals surface area contributed by atoms with Crippen molar-refractivity contribution in [3.63, 3.8) is 0 Å². The van der Waals surface area contributed by atoms with Gasteiger partial charge in [-0.3, -0.25) is 14.1 Å². The number of aromatic nitrogens is 5. The van der Waals surface area contributed by atoms with Crippen molar-refractivity contribution in [3.8, 4) is 0 Å². The maximum atomic E-state index is 13.1. The molecule has 2 amide bonds. The molecule has 39 heavy (non-hydrogen) atoms. The molecular weight excluding hydrogens is 562 g/mol. The number of carbonyl (C=O) groups excluding carboxylic acids is 2. The second-order valence-corrected chi connectivity index (χ2v) is 10.7. The number of amides is 2. The number of hydrogen-bond donors (Lipinski definition) is 6. The number of nitrogens with one attached hydrogen (secondary N) is 2. The molecule has 1 saturated carbocycles. The fraction of sp³-hybridized carbons (Fsp3) is 0.556. The summed E-state index contributed by atoms with van der Waals surface area (Å²) in [5.41, 5.74) is 9.35. The molecule has 21 heteroatoms. The lowest BCUT2D eigenvalue weighted by molar-refractivity contribution is -0.153. The summed E-state index contributed by atoms with van der Waals surface area (Å²) in [4.78, 5) is 47.2. The summed E-state index contributed by atoms with van der Waals surface area (Å²) < 4.78 is 37.3. The van der Waals surface area contributed by atoms with Crippen LogP contribution in [-0.2, 0) is 42.6 Å². The number of carbonyl (C=O) groups is 3. The first-order valence-electron chi connectivity index (χ1n) is 11.5. The van der Waals surface area contributed by atoms with E-state index in [0.29, 0.717) is 25.3 Å². The minimum atomic E-state index is -4.99. The molecule has 2 aliphatic rings. The lowest BCUT2D eigenvalue weighted by Crippen LogP contribution is -2.73. The number of β-lactam (4-membered cyclic amide) rings is 1. The van der Waals surface area contributed by atoms with Gasteiger partial charge in [-0.1, -0.05) is 5.16 Å². The SMILES string of the molecule is NCCCNCc1cnn(C[C@H]2[C@H](NC(=O)C(=NOC3(C(=O)O)CC3)c3nsc(N)n3)C(=O)N2S(=O)(=O)O)n1. The van der Waals surface area contributed by atoms with Gasteiger partial charge in [0, 0.05) is 30.9 Å². The van der Waals surface area contributed by atoms with Gasteiger partial charge in [-0.25, -0.2) is 9.10 Å². The Hall–Kier alpha value is -3.79. The molecular formula is C18H25N11O8S2. The van der Waals surface area contributed by atoms with Crippen LogP contribution in [-0.4, -0.2) is 101 Å². The molecule has 2 aromatic rings. The maximum Gasteiger partial charge on any atom is 0.362 e. The average Bonchev–Trinajstić information content (AvgIpc) is 3.33. The lowest BCUT2D eigenvalue weighted by atomic mass is 9.98. The maximum absolute atomic E-state index is 13.1. The molecule has 0 spiro atoms. The second-order valence-electron chi connectivity index (χ2n) is 8.63. The molecule has 19 nitrogen and oxygen atoms in total. The van der Waals surface area contributed by atoms with Crippen LogP contribution in [0.3, 0.4) is 0 Å². The number of nitrogens with zero attached hydrogens (tertiary/aromatic N) is 7. The van der Waals surface area contributed by atoms with E-state index in [1.54, 1.807) is 0 Å². The molecule has 1 aliphatic carbocycles. The molecule has 0 aromatic carbocycles. The van der Waals surface area contributed by atoms with Crippen LogP contribution < -0.4 is 22.1 Å². The summed E-state index contributed by atoms with van der Waals surface area (Å²) in [5.74, 6) is -3.80. The van der Waals surface area contributed by atoms with Crippen LogP contribution >= 0.6 is 11.5 Å². The van der Waals surface area contributed by atoms with Gasteiger partial charge in [-0.15, -0.1) is 0 Å². The minimum absolute atomic E-state index is 0.0295. The molecule has 1 aliphatic heterocycles. The van der Waals surface area contributed by atoms with Crippen molar-refractivity contribution in [2.45, 2.75) is 50.0 Å². The Morgan fingerprint density at radius 3 is 2.69 bits per heavy atom. The van der Waals surface area contributed by atoms with Crippen molar-refractivity contribution in [3.05, 3.63) is 17.7 Å². The Morgan fingerprint density at radius 1 is 1.36 bits per heavy atom. The molecule has 8 N–H and O–H groups in total. The zero-order chi connectivity index (χ0) is 28.4. The molecule has 3 heterocycles. The number of carboxylic acid groups (broad SMARTS) is 1. The Kier molecular flexibility index (Phi) is 8.06. The number of nitrogens with two attached hydrogens (primary N) is 2. The van der Waals surface area contributed by atoms with Gasteiger partial charge in [0.2, 0.25) is 17.1 Å². The van der Waals surface area contributed by atoms with E-state index in [1.807, 2.05) is 0 Å². The van der Waals surface area contributed by atoms with Crippen LogP contribution in [0.1, 0.15) is 30.8 Å². The Labute approximate surface area is 224 Å². The third-order valence-corrected chi connectivity index (χ3v) is 7.27. The number of carboxylic acids is 1. The van der Waals surface area contributed by atoms with E-state index in [9.17, 15) is 32.5 Å².